The summed E-state index contributed by atoms with van der Waals surface area (Å²) in [5, 5.41) is 1.34. The zero-order chi connectivity index (χ0) is 8.72. The molecule has 0 radical (unpaired) electrons. The summed E-state index contributed by atoms with van der Waals surface area (Å²) in [5.41, 5.74) is 0. The van der Waals surface area contributed by atoms with Crippen LogP contribution in [0.3, 0.4) is 0 Å². The first kappa shape index (κ1) is 8.97. The molecule has 0 saturated heterocycles. The van der Waals surface area contributed by atoms with Gasteiger partial charge in [-0.2, -0.15) is 0 Å². The lowest BCUT2D eigenvalue weighted by Gasteiger charge is -1.94. The highest BCUT2D eigenvalue weighted by atomic mass is 127. The maximum atomic E-state index is 3.49. The van der Waals surface area contributed by atoms with Crippen molar-refractivity contribution in [1.82, 2.24) is 0 Å². The summed E-state index contributed by atoms with van der Waals surface area (Å²) in [5.74, 6) is 0. The molecule has 1 aromatic heterocycles. The Kier molecular flexibility index (Phi) is 2.44. The van der Waals surface area contributed by atoms with Crippen LogP contribution in [-0.2, 0) is 0 Å². The Bertz CT molecular complexity index is 433. The smallest absolute Gasteiger partial charge is 0.0479 e. The largest absolute Gasteiger partial charge is 0.139 e. The highest BCUT2D eigenvalue weighted by molar-refractivity contribution is 14.1. The Morgan fingerprint density at radius 1 is 1.33 bits per heavy atom. The SMILES string of the molecule is Cc1cc2cc(Br)cc(I)c2s1. The lowest BCUT2D eigenvalue weighted by atomic mass is 10.2. The molecule has 3 heteroatoms. The Balaban J connectivity index is 2.88. The van der Waals surface area contributed by atoms with Crippen LogP contribution in [0.5, 0.6) is 0 Å². The van der Waals surface area contributed by atoms with Crippen LogP contribution in [-0.4, -0.2) is 0 Å². The van der Waals surface area contributed by atoms with E-state index in [1.807, 2.05) is 11.3 Å². The molecular formula is C9H6BrIS. The van der Waals surface area contributed by atoms with Crippen LogP contribution in [0.25, 0.3) is 10.1 Å². The molecule has 62 valence electrons. The second-order valence-corrected chi connectivity index (χ2v) is 6.00. The van der Waals surface area contributed by atoms with Crippen molar-refractivity contribution in [2.75, 3.05) is 0 Å². The predicted molar refractivity (Wildman–Crippen MR) is 67.0 cm³/mol. The maximum absolute atomic E-state index is 3.49. The van der Waals surface area contributed by atoms with Crippen LogP contribution in [0, 0.1) is 10.5 Å². The predicted octanol–water partition coefficient (Wildman–Crippen LogP) is 4.58. The molecular weight excluding hydrogens is 347 g/mol. The molecule has 0 atom stereocenters. The number of fused-ring (bicyclic) bond motifs is 1. The minimum Gasteiger partial charge on any atom is -0.139 e. The van der Waals surface area contributed by atoms with E-state index in [0.29, 0.717) is 0 Å². The van der Waals surface area contributed by atoms with Gasteiger partial charge in [0.1, 0.15) is 0 Å². The number of benzene rings is 1. The Hall–Kier alpha value is 0.390. The van der Waals surface area contributed by atoms with Gasteiger partial charge in [0, 0.05) is 17.6 Å². The van der Waals surface area contributed by atoms with Gasteiger partial charge in [0.2, 0.25) is 0 Å². The number of hydrogen-bond acceptors (Lipinski definition) is 1. The number of rotatable bonds is 0. The Labute approximate surface area is 97.2 Å². The zero-order valence-electron chi connectivity index (χ0n) is 6.40. The van der Waals surface area contributed by atoms with Crippen LogP contribution in [0.1, 0.15) is 4.88 Å². The zero-order valence-corrected chi connectivity index (χ0v) is 11.0. The van der Waals surface area contributed by atoms with E-state index in [2.05, 4.69) is 63.6 Å². The van der Waals surface area contributed by atoms with Gasteiger partial charge < -0.3 is 0 Å². The first-order chi connectivity index (χ1) is 5.66. The van der Waals surface area contributed by atoms with Gasteiger partial charge in [0.05, 0.1) is 0 Å². The average Bonchev–Trinajstić information content (AvgIpc) is 2.29. The Morgan fingerprint density at radius 2 is 2.08 bits per heavy atom. The van der Waals surface area contributed by atoms with E-state index in [4.69, 9.17) is 0 Å². The lowest BCUT2D eigenvalue weighted by Crippen LogP contribution is -1.70. The van der Waals surface area contributed by atoms with Crippen molar-refractivity contribution >= 4 is 59.9 Å². The molecule has 0 spiro atoms. The van der Waals surface area contributed by atoms with Gasteiger partial charge in [-0.1, -0.05) is 15.9 Å². The van der Waals surface area contributed by atoms with Gasteiger partial charge in [0.15, 0.2) is 0 Å². The van der Waals surface area contributed by atoms with E-state index >= 15 is 0 Å². The third kappa shape index (κ3) is 1.54. The fourth-order valence-corrected chi connectivity index (χ4v) is 3.99. The number of aryl methyl sites for hydroxylation is 1. The highest BCUT2D eigenvalue weighted by Gasteiger charge is 2.03. The van der Waals surface area contributed by atoms with Crippen molar-refractivity contribution in [2.45, 2.75) is 6.92 Å². The summed E-state index contributed by atoms with van der Waals surface area (Å²) < 4.78 is 3.89. The van der Waals surface area contributed by atoms with E-state index in [0.717, 1.165) is 4.47 Å². The van der Waals surface area contributed by atoms with E-state index in [1.165, 1.54) is 18.5 Å². The molecule has 0 N–H and O–H groups in total. The molecule has 12 heavy (non-hydrogen) atoms. The van der Waals surface area contributed by atoms with Gasteiger partial charge >= 0.3 is 0 Å². The fourth-order valence-electron chi connectivity index (χ4n) is 1.20. The van der Waals surface area contributed by atoms with E-state index in [-0.39, 0.29) is 0 Å². The molecule has 0 aliphatic carbocycles. The second-order valence-electron chi connectivity index (χ2n) is 2.66. The normalized spacial score (nSPS) is 10.9. The number of halogens is 2. The van der Waals surface area contributed by atoms with Crippen molar-refractivity contribution in [3.63, 3.8) is 0 Å². The molecule has 0 nitrogen and oxygen atoms in total. The highest BCUT2D eigenvalue weighted by Crippen LogP contribution is 2.32. The summed E-state index contributed by atoms with van der Waals surface area (Å²) in [6, 6.07) is 6.55. The molecule has 1 heterocycles. The summed E-state index contributed by atoms with van der Waals surface area (Å²) in [7, 11) is 0. The van der Waals surface area contributed by atoms with Gasteiger partial charge in [0.25, 0.3) is 0 Å². The number of hydrogen-bond donors (Lipinski definition) is 0. The molecule has 0 aliphatic heterocycles. The van der Waals surface area contributed by atoms with Crippen LogP contribution in [0.15, 0.2) is 22.7 Å². The molecule has 0 saturated carbocycles. The first-order valence-corrected chi connectivity index (χ1v) is 6.21. The number of thiophene rings is 1. The minimum atomic E-state index is 1.16. The van der Waals surface area contributed by atoms with Crippen LogP contribution >= 0.6 is 49.9 Å². The molecule has 0 amide bonds. The van der Waals surface area contributed by atoms with Crippen molar-refractivity contribution < 1.29 is 0 Å². The molecule has 0 bridgehead atoms. The van der Waals surface area contributed by atoms with Crippen molar-refractivity contribution in [2.24, 2.45) is 0 Å². The average molecular weight is 353 g/mol. The molecule has 0 fully saturated rings. The van der Waals surface area contributed by atoms with Crippen molar-refractivity contribution in [3.05, 3.63) is 31.1 Å². The van der Waals surface area contributed by atoms with Crippen molar-refractivity contribution in [1.29, 1.82) is 0 Å². The monoisotopic (exact) mass is 352 g/mol. The quantitative estimate of drug-likeness (QED) is 0.609. The fraction of sp³-hybridized carbons (Fsp3) is 0.111. The third-order valence-electron chi connectivity index (χ3n) is 1.66. The van der Waals surface area contributed by atoms with E-state index < -0.39 is 0 Å². The third-order valence-corrected chi connectivity index (χ3v) is 4.43. The molecule has 0 unspecified atom stereocenters. The van der Waals surface area contributed by atoms with E-state index in [9.17, 15) is 0 Å². The molecule has 2 aromatic rings. The molecule has 1 aromatic carbocycles. The standard InChI is InChI=1S/C9H6BrIS/c1-5-2-6-3-7(10)4-8(11)9(6)12-5/h2-4H,1H3. The van der Waals surface area contributed by atoms with Crippen LogP contribution in [0.2, 0.25) is 0 Å². The van der Waals surface area contributed by atoms with Crippen molar-refractivity contribution in [3.8, 4) is 0 Å². The molecule has 0 aliphatic rings. The second kappa shape index (κ2) is 3.27. The van der Waals surface area contributed by atoms with Crippen LogP contribution < -0.4 is 0 Å². The Morgan fingerprint density at radius 3 is 2.83 bits per heavy atom. The summed E-state index contributed by atoms with van der Waals surface area (Å²) in [6.45, 7) is 2.15. The van der Waals surface area contributed by atoms with Crippen LogP contribution in [0.4, 0.5) is 0 Å². The van der Waals surface area contributed by atoms with Gasteiger partial charge in [-0.3, -0.25) is 0 Å². The first-order valence-electron chi connectivity index (χ1n) is 3.52. The lowest BCUT2D eigenvalue weighted by molar-refractivity contribution is 1.65. The maximum Gasteiger partial charge on any atom is 0.0479 e. The summed E-state index contributed by atoms with van der Waals surface area (Å²) in [4.78, 5) is 1.38. The minimum absolute atomic E-state index is 1.16. The van der Waals surface area contributed by atoms with Gasteiger partial charge in [-0.05, 0) is 53.1 Å². The van der Waals surface area contributed by atoms with E-state index in [1.54, 1.807) is 0 Å². The van der Waals surface area contributed by atoms with Gasteiger partial charge in [-0.25, -0.2) is 0 Å². The summed E-state index contributed by atoms with van der Waals surface area (Å²) in [6.07, 6.45) is 0. The van der Waals surface area contributed by atoms with Gasteiger partial charge in [-0.15, -0.1) is 11.3 Å². The summed E-state index contributed by atoms with van der Waals surface area (Å²) >= 11 is 7.73. The molecule has 2 rings (SSSR count). The topological polar surface area (TPSA) is 0 Å².